The number of rotatable bonds is 11. The molecule has 2 saturated heterocycles. The molecule has 0 aliphatic carbocycles. The first kappa shape index (κ1) is 36.3. The zero-order valence-electron chi connectivity index (χ0n) is 25.0. The molecular formula is C26H35FO17. The maximum absolute atomic E-state index is 15.2. The highest BCUT2D eigenvalue weighted by Gasteiger charge is 2.57. The fourth-order valence-electron chi connectivity index (χ4n) is 4.46. The molecule has 2 rings (SSSR count). The molecule has 0 amide bonds. The van der Waals surface area contributed by atoms with Crippen LogP contribution in [0.25, 0.3) is 0 Å². The standard InChI is InChI=1S/C26H35FO17/c1-10(28)35-8-17-20(21(38-13(4)31)23(25(27)42-17)40-15(6)33)44-26-24(41-16(7)34)22(39-14(5)32)19(37-12(3)30)18(43-26)9-36-11(2)29/h17-26H,8-9H2,1-7H3/t17-,18-,19-,20-,21+,22+,23-,24-,25-,26-/m1/s1. The van der Waals surface area contributed by atoms with Crippen molar-refractivity contribution in [3.63, 3.8) is 0 Å². The molecule has 248 valence electrons. The Bertz CT molecular complexity index is 1090. The Morgan fingerprint density at radius 2 is 0.841 bits per heavy atom. The van der Waals surface area contributed by atoms with Gasteiger partial charge < -0.3 is 47.4 Å². The molecule has 0 unspecified atom stereocenters. The van der Waals surface area contributed by atoms with Crippen LogP contribution in [0.15, 0.2) is 0 Å². The summed E-state index contributed by atoms with van der Waals surface area (Å²) in [6.07, 6.45) is -17.5. The lowest BCUT2D eigenvalue weighted by molar-refractivity contribution is -0.351. The van der Waals surface area contributed by atoms with E-state index >= 15 is 4.39 Å². The van der Waals surface area contributed by atoms with Crippen LogP contribution in [0.1, 0.15) is 48.5 Å². The zero-order chi connectivity index (χ0) is 33.3. The van der Waals surface area contributed by atoms with E-state index in [1.54, 1.807) is 0 Å². The Morgan fingerprint density at radius 3 is 1.27 bits per heavy atom. The second-order valence-corrected chi connectivity index (χ2v) is 9.64. The third kappa shape index (κ3) is 10.7. The van der Waals surface area contributed by atoms with Crippen LogP contribution < -0.4 is 0 Å². The summed E-state index contributed by atoms with van der Waals surface area (Å²) in [5, 5.41) is 0. The lowest BCUT2D eigenvalue weighted by atomic mass is 9.96. The number of ether oxygens (including phenoxy) is 10. The fourth-order valence-corrected chi connectivity index (χ4v) is 4.46. The van der Waals surface area contributed by atoms with Crippen LogP contribution in [0.3, 0.4) is 0 Å². The molecule has 0 bridgehead atoms. The van der Waals surface area contributed by atoms with Gasteiger partial charge in [0, 0.05) is 48.5 Å². The summed E-state index contributed by atoms with van der Waals surface area (Å²) in [6, 6.07) is 0. The van der Waals surface area contributed by atoms with Crippen molar-refractivity contribution in [2.45, 2.75) is 110 Å². The molecule has 0 radical (unpaired) electrons. The van der Waals surface area contributed by atoms with Crippen LogP contribution in [0.2, 0.25) is 0 Å². The molecule has 0 aromatic rings. The van der Waals surface area contributed by atoms with Gasteiger partial charge in [0.1, 0.15) is 31.5 Å². The normalized spacial score (nSPS) is 31.5. The minimum atomic E-state index is -2.40. The first-order chi connectivity index (χ1) is 20.5. The first-order valence-corrected chi connectivity index (χ1v) is 13.2. The third-order valence-corrected chi connectivity index (χ3v) is 5.87. The van der Waals surface area contributed by atoms with Crippen molar-refractivity contribution in [2.24, 2.45) is 0 Å². The highest BCUT2D eigenvalue weighted by molar-refractivity contribution is 5.69. The maximum Gasteiger partial charge on any atom is 0.303 e. The van der Waals surface area contributed by atoms with Crippen molar-refractivity contribution in [1.29, 1.82) is 0 Å². The molecule has 0 spiro atoms. The summed E-state index contributed by atoms with van der Waals surface area (Å²) in [6.45, 7) is 5.83. The van der Waals surface area contributed by atoms with Crippen LogP contribution in [0.5, 0.6) is 0 Å². The lowest BCUT2D eigenvalue weighted by Gasteiger charge is -2.47. The van der Waals surface area contributed by atoms with Gasteiger partial charge in [0.05, 0.1) is 0 Å². The monoisotopic (exact) mass is 638 g/mol. The van der Waals surface area contributed by atoms with Gasteiger partial charge in [0.25, 0.3) is 0 Å². The van der Waals surface area contributed by atoms with Crippen molar-refractivity contribution >= 4 is 41.8 Å². The van der Waals surface area contributed by atoms with E-state index in [1.165, 1.54) is 0 Å². The Labute approximate surface area is 250 Å². The summed E-state index contributed by atoms with van der Waals surface area (Å²) >= 11 is 0. The number of alkyl halides is 1. The van der Waals surface area contributed by atoms with E-state index < -0.39 is 116 Å². The molecule has 18 heteroatoms. The first-order valence-electron chi connectivity index (χ1n) is 13.2. The predicted octanol–water partition coefficient (Wildman–Crippen LogP) is -0.424. The number of carbonyl (C=O) groups is 7. The van der Waals surface area contributed by atoms with Gasteiger partial charge in [-0.1, -0.05) is 0 Å². The van der Waals surface area contributed by atoms with Gasteiger partial charge >= 0.3 is 41.8 Å². The largest absolute Gasteiger partial charge is 0.463 e. The van der Waals surface area contributed by atoms with Crippen molar-refractivity contribution in [3.8, 4) is 0 Å². The molecule has 0 aromatic carbocycles. The van der Waals surface area contributed by atoms with Gasteiger partial charge in [-0.05, 0) is 0 Å². The second-order valence-electron chi connectivity index (χ2n) is 9.64. The molecule has 17 nitrogen and oxygen atoms in total. The Morgan fingerprint density at radius 1 is 0.477 bits per heavy atom. The maximum atomic E-state index is 15.2. The average molecular weight is 639 g/mol. The molecule has 44 heavy (non-hydrogen) atoms. The van der Waals surface area contributed by atoms with Crippen molar-refractivity contribution in [1.82, 2.24) is 0 Å². The minimum Gasteiger partial charge on any atom is -0.463 e. The van der Waals surface area contributed by atoms with Gasteiger partial charge in [0.15, 0.2) is 36.8 Å². The van der Waals surface area contributed by atoms with E-state index in [1.807, 2.05) is 0 Å². The Hall–Kier alpha value is -3.90. The fraction of sp³-hybridized carbons (Fsp3) is 0.731. The van der Waals surface area contributed by atoms with Crippen molar-refractivity contribution < 1.29 is 85.3 Å². The Balaban J connectivity index is 2.66. The van der Waals surface area contributed by atoms with Crippen LogP contribution in [0, 0.1) is 0 Å². The molecule has 2 aliphatic heterocycles. The molecule has 0 N–H and O–H groups in total. The Kier molecular flexibility index (Phi) is 13.4. The summed E-state index contributed by atoms with van der Waals surface area (Å²) in [5.74, 6) is -6.27. The highest BCUT2D eigenvalue weighted by Crippen LogP contribution is 2.35. The smallest absolute Gasteiger partial charge is 0.303 e. The summed E-state index contributed by atoms with van der Waals surface area (Å²) in [7, 11) is 0. The molecule has 0 saturated carbocycles. The third-order valence-electron chi connectivity index (χ3n) is 5.87. The van der Waals surface area contributed by atoms with E-state index in [0.717, 1.165) is 48.5 Å². The second kappa shape index (κ2) is 16.2. The highest BCUT2D eigenvalue weighted by atomic mass is 19.1. The molecule has 10 atom stereocenters. The minimum absolute atomic E-state index is 0.592. The van der Waals surface area contributed by atoms with Gasteiger partial charge in [-0.3, -0.25) is 33.6 Å². The van der Waals surface area contributed by atoms with E-state index in [4.69, 9.17) is 47.4 Å². The zero-order valence-corrected chi connectivity index (χ0v) is 25.0. The molecule has 2 heterocycles. The van der Waals surface area contributed by atoms with E-state index in [9.17, 15) is 33.6 Å². The number of hydrogen-bond acceptors (Lipinski definition) is 17. The summed E-state index contributed by atoms with van der Waals surface area (Å²) in [4.78, 5) is 83.3. The van der Waals surface area contributed by atoms with Gasteiger partial charge in [-0.25, -0.2) is 4.39 Å². The summed E-state index contributed by atoms with van der Waals surface area (Å²) in [5.41, 5.74) is 0. The number of esters is 7. The number of carbonyl (C=O) groups excluding carboxylic acids is 7. The molecule has 2 aliphatic rings. The average Bonchev–Trinajstić information content (AvgIpc) is 2.87. The van der Waals surface area contributed by atoms with E-state index in [-0.39, 0.29) is 0 Å². The SMILES string of the molecule is CC(=O)OC[C@H]1O[C@@H](F)[C@H](OC(C)=O)[C@@H](OC(C)=O)[C@@H]1O[C@H]1O[C@H](COC(C)=O)[C@@H](OC(C)=O)[C@H](OC(C)=O)[C@H]1OC(C)=O. The van der Waals surface area contributed by atoms with Crippen LogP contribution >= 0.6 is 0 Å². The van der Waals surface area contributed by atoms with E-state index in [2.05, 4.69) is 0 Å². The molecule has 2 fully saturated rings. The van der Waals surface area contributed by atoms with Gasteiger partial charge in [-0.15, -0.1) is 0 Å². The van der Waals surface area contributed by atoms with Crippen LogP contribution in [-0.4, -0.2) is 116 Å². The number of hydrogen-bond donors (Lipinski definition) is 0. The van der Waals surface area contributed by atoms with Crippen molar-refractivity contribution in [2.75, 3.05) is 13.2 Å². The lowest BCUT2D eigenvalue weighted by Crippen LogP contribution is -2.66. The number of halogens is 1. The predicted molar refractivity (Wildman–Crippen MR) is 134 cm³/mol. The topological polar surface area (TPSA) is 212 Å². The quantitative estimate of drug-likeness (QED) is 0.207. The van der Waals surface area contributed by atoms with Crippen LogP contribution in [-0.2, 0) is 80.9 Å². The molecule has 0 aromatic heterocycles. The summed E-state index contributed by atoms with van der Waals surface area (Å²) < 4.78 is 68.6. The van der Waals surface area contributed by atoms with Crippen molar-refractivity contribution in [3.05, 3.63) is 0 Å². The molecular weight excluding hydrogens is 603 g/mol. The van der Waals surface area contributed by atoms with E-state index in [0.29, 0.717) is 0 Å². The van der Waals surface area contributed by atoms with Gasteiger partial charge in [-0.2, -0.15) is 0 Å². The van der Waals surface area contributed by atoms with Crippen LogP contribution in [0.4, 0.5) is 4.39 Å². The van der Waals surface area contributed by atoms with Gasteiger partial charge in [0.2, 0.25) is 6.36 Å².